The van der Waals surface area contributed by atoms with E-state index in [0.717, 1.165) is 43.2 Å². The Balaban J connectivity index is 1.91. The molecular formula is C19H19N3O6S. The summed E-state index contributed by atoms with van der Waals surface area (Å²) in [7, 11) is 1.16. The van der Waals surface area contributed by atoms with Gasteiger partial charge in [-0.15, -0.1) is 11.3 Å². The number of fused-ring (bicyclic) bond motifs is 1. The number of nitrogens with one attached hydrogen (secondary N) is 2. The lowest BCUT2D eigenvalue weighted by atomic mass is 10.0. The number of aryl methyl sites for hydroxylation is 1. The molecule has 1 heterocycles. The molecule has 0 saturated heterocycles. The lowest BCUT2D eigenvalue weighted by molar-refractivity contribution is -0.384. The number of alkyl carbamates (subject to hydrolysis) is 1. The second-order valence-electron chi connectivity index (χ2n) is 6.47. The van der Waals surface area contributed by atoms with Gasteiger partial charge in [-0.3, -0.25) is 25.0 Å². The van der Waals surface area contributed by atoms with Gasteiger partial charge in [-0.05, 0) is 43.4 Å². The normalized spacial score (nSPS) is 13.0. The summed E-state index contributed by atoms with van der Waals surface area (Å²) in [4.78, 5) is 48.1. The van der Waals surface area contributed by atoms with Crippen LogP contribution in [-0.2, 0) is 17.6 Å². The minimum Gasteiger partial charge on any atom is -0.453 e. The van der Waals surface area contributed by atoms with Gasteiger partial charge in [-0.1, -0.05) is 6.42 Å². The van der Waals surface area contributed by atoms with Crippen molar-refractivity contribution in [2.75, 3.05) is 12.4 Å². The summed E-state index contributed by atoms with van der Waals surface area (Å²) >= 11 is 1.32. The summed E-state index contributed by atoms with van der Waals surface area (Å²) in [6, 6.07) is 5.17. The molecule has 2 aromatic rings. The predicted octanol–water partition coefficient (Wildman–Crippen LogP) is 3.67. The first-order valence-electron chi connectivity index (χ1n) is 9.00. The molecule has 3 rings (SSSR count). The third-order valence-corrected chi connectivity index (χ3v) is 5.82. The lowest BCUT2D eigenvalue weighted by Gasteiger charge is -2.09. The summed E-state index contributed by atoms with van der Waals surface area (Å²) in [5.41, 5.74) is 1.21. The maximum absolute atomic E-state index is 12.7. The molecule has 0 bridgehead atoms. The highest BCUT2D eigenvalue weighted by molar-refractivity contribution is 7.17. The number of non-ortho nitro benzene ring substituents is 1. The average Bonchev–Trinajstić information content (AvgIpc) is 2.88. The van der Waals surface area contributed by atoms with Crippen LogP contribution in [0, 0.1) is 10.1 Å². The molecule has 0 fully saturated rings. The van der Waals surface area contributed by atoms with Crippen molar-refractivity contribution in [3.05, 3.63) is 55.9 Å². The van der Waals surface area contributed by atoms with E-state index in [1.807, 2.05) is 0 Å². The number of rotatable bonds is 4. The number of anilines is 1. The van der Waals surface area contributed by atoms with Crippen molar-refractivity contribution in [1.82, 2.24) is 5.32 Å². The van der Waals surface area contributed by atoms with E-state index in [1.54, 1.807) is 0 Å². The summed E-state index contributed by atoms with van der Waals surface area (Å²) in [5, 5.41) is 16.0. The van der Waals surface area contributed by atoms with Crippen molar-refractivity contribution in [3.8, 4) is 0 Å². The second-order valence-corrected chi connectivity index (χ2v) is 7.58. The van der Waals surface area contributed by atoms with Gasteiger partial charge in [0, 0.05) is 22.6 Å². The van der Waals surface area contributed by atoms with E-state index in [9.17, 15) is 24.5 Å². The standard InChI is InChI=1S/C19H19N3O6S/c1-28-19(25)21-17(24)15-13-5-3-2-4-6-14(13)29-18(15)20-16(23)11-7-9-12(10-8-11)22(26)27/h7-10H,2-6H2,1H3,(H,20,23)(H,21,24,25). The summed E-state index contributed by atoms with van der Waals surface area (Å²) < 4.78 is 4.50. The highest BCUT2D eigenvalue weighted by atomic mass is 32.1. The zero-order valence-electron chi connectivity index (χ0n) is 15.6. The Morgan fingerprint density at radius 1 is 1.07 bits per heavy atom. The first-order chi connectivity index (χ1) is 13.9. The van der Waals surface area contributed by atoms with Crippen LogP contribution >= 0.6 is 11.3 Å². The van der Waals surface area contributed by atoms with Crippen molar-refractivity contribution in [2.24, 2.45) is 0 Å². The van der Waals surface area contributed by atoms with Gasteiger partial charge in [0.15, 0.2) is 0 Å². The SMILES string of the molecule is COC(=O)NC(=O)c1c(NC(=O)c2ccc([N+](=O)[O-])cc2)sc2c1CCCCC2. The molecule has 0 radical (unpaired) electrons. The second kappa shape index (κ2) is 8.82. The van der Waals surface area contributed by atoms with Crippen molar-refractivity contribution in [2.45, 2.75) is 32.1 Å². The number of amides is 3. The van der Waals surface area contributed by atoms with Crippen LogP contribution in [0.1, 0.15) is 50.4 Å². The van der Waals surface area contributed by atoms with E-state index in [-0.39, 0.29) is 16.8 Å². The smallest absolute Gasteiger partial charge is 0.413 e. The highest BCUT2D eigenvalue weighted by Gasteiger charge is 2.27. The van der Waals surface area contributed by atoms with E-state index in [1.165, 1.54) is 35.6 Å². The number of ether oxygens (including phenoxy) is 1. The van der Waals surface area contributed by atoms with Crippen LogP contribution in [0.5, 0.6) is 0 Å². The van der Waals surface area contributed by atoms with E-state index < -0.39 is 22.8 Å². The van der Waals surface area contributed by atoms with Crippen molar-refractivity contribution >= 4 is 39.9 Å². The maximum atomic E-state index is 12.7. The number of carbonyl (C=O) groups excluding carboxylic acids is 3. The predicted molar refractivity (Wildman–Crippen MR) is 106 cm³/mol. The van der Waals surface area contributed by atoms with Crippen LogP contribution in [0.25, 0.3) is 0 Å². The van der Waals surface area contributed by atoms with Gasteiger partial charge in [0.25, 0.3) is 17.5 Å². The molecule has 0 spiro atoms. The first-order valence-corrected chi connectivity index (χ1v) is 9.82. The molecule has 1 aromatic heterocycles. The monoisotopic (exact) mass is 417 g/mol. The van der Waals surface area contributed by atoms with Crippen LogP contribution in [0.15, 0.2) is 24.3 Å². The first kappa shape index (κ1) is 20.5. The molecule has 10 heteroatoms. The van der Waals surface area contributed by atoms with Gasteiger partial charge in [-0.2, -0.15) is 0 Å². The van der Waals surface area contributed by atoms with E-state index in [2.05, 4.69) is 15.4 Å². The number of nitrogens with zero attached hydrogens (tertiary/aromatic N) is 1. The molecule has 3 amide bonds. The van der Waals surface area contributed by atoms with Crippen molar-refractivity contribution in [3.63, 3.8) is 0 Å². The molecule has 29 heavy (non-hydrogen) atoms. The summed E-state index contributed by atoms with van der Waals surface area (Å²) in [5.74, 6) is -1.13. The minimum atomic E-state index is -0.879. The fraction of sp³-hybridized carbons (Fsp3) is 0.316. The molecule has 2 N–H and O–H groups in total. The highest BCUT2D eigenvalue weighted by Crippen LogP contribution is 2.37. The largest absolute Gasteiger partial charge is 0.453 e. The number of methoxy groups -OCH3 is 1. The number of nitro groups is 1. The molecule has 0 unspecified atom stereocenters. The zero-order chi connectivity index (χ0) is 21.0. The van der Waals surface area contributed by atoms with Crippen LogP contribution in [0.3, 0.4) is 0 Å². The van der Waals surface area contributed by atoms with Gasteiger partial charge >= 0.3 is 6.09 Å². The molecule has 152 valence electrons. The number of nitro benzene ring substituents is 1. The Morgan fingerprint density at radius 2 is 1.76 bits per heavy atom. The van der Waals surface area contributed by atoms with Crippen molar-refractivity contribution in [1.29, 1.82) is 0 Å². The lowest BCUT2D eigenvalue weighted by Crippen LogP contribution is -2.31. The Morgan fingerprint density at radius 3 is 2.41 bits per heavy atom. The fourth-order valence-corrected chi connectivity index (χ4v) is 4.47. The Kier molecular flexibility index (Phi) is 6.23. The number of imide groups is 1. The molecule has 9 nitrogen and oxygen atoms in total. The van der Waals surface area contributed by atoms with Crippen LogP contribution in [-0.4, -0.2) is 29.9 Å². The molecule has 1 aliphatic carbocycles. The molecule has 0 aliphatic heterocycles. The number of benzene rings is 1. The number of hydrogen-bond acceptors (Lipinski definition) is 7. The van der Waals surface area contributed by atoms with Crippen LogP contribution < -0.4 is 10.6 Å². The Hall–Kier alpha value is -3.27. The maximum Gasteiger partial charge on any atom is 0.413 e. The van der Waals surface area contributed by atoms with Gasteiger partial charge in [-0.25, -0.2) is 4.79 Å². The molecule has 1 aliphatic rings. The quantitative estimate of drug-likeness (QED) is 0.444. The molecular weight excluding hydrogens is 398 g/mol. The van der Waals surface area contributed by atoms with E-state index in [0.29, 0.717) is 11.4 Å². The third kappa shape index (κ3) is 4.60. The topological polar surface area (TPSA) is 128 Å². The number of thiophene rings is 1. The van der Waals surface area contributed by atoms with Crippen LogP contribution in [0.4, 0.5) is 15.5 Å². The van der Waals surface area contributed by atoms with Gasteiger partial charge < -0.3 is 10.1 Å². The van der Waals surface area contributed by atoms with Gasteiger partial charge in [0.05, 0.1) is 17.6 Å². The van der Waals surface area contributed by atoms with E-state index in [4.69, 9.17) is 0 Å². The summed E-state index contributed by atoms with van der Waals surface area (Å²) in [6.07, 6.45) is 3.55. The van der Waals surface area contributed by atoms with Gasteiger partial charge in [0.2, 0.25) is 0 Å². The number of carbonyl (C=O) groups is 3. The summed E-state index contributed by atoms with van der Waals surface area (Å²) in [6.45, 7) is 0. The number of hydrogen-bond donors (Lipinski definition) is 2. The molecule has 1 aromatic carbocycles. The van der Waals surface area contributed by atoms with Gasteiger partial charge in [0.1, 0.15) is 5.00 Å². The minimum absolute atomic E-state index is 0.123. The molecule has 0 atom stereocenters. The van der Waals surface area contributed by atoms with Crippen LogP contribution in [0.2, 0.25) is 0 Å². The molecule has 0 saturated carbocycles. The Bertz CT molecular complexity index is 967. The Labute approximate surface area is 170 Å². The van der Waals surface area contributed by atoms with E-state index >= 15 is 0 Å². The third-order valence-electron chi connectivity index (χ3n) is 4.62. The van der Waals surface area contributed by atoms with Crippen molar-refractivity contribution < 1.29 is 24.0 Å². The average molecular weight is 417 g/mol. The zero-order valence-corrected chi connectivity index (χ0v) is 16.5. The fourth-order valence-electron chi connectivity index (χ4n) is 3.19.